The van der Waals surface area contributed by atoms with Crippen LogP contribution in [0.2, 0.25) is 0 Å². The molecular formula is C91H152O16P2. The first-order chi connectivity index (χ1) is 53.2. The Balaban J connectivity index is 4.57. The maximum absolute atomic E-state index is 13.0. The second-order valence-corrected chi connectivity index (χ2v) is 30.8. The van der Waals surface area contributed by atoms with Crippen molar-refractivity contribution in [1.82, 2.24) is 0 Å². The van der Waals surface area contributed by atoms with Gasteiger partial charge in [-0.2, -0.15) is 0 Å². The second kappa shape index (κ2) is 82.4. The minimum Gasteiger partial charge on any atom is -0.463 e. The molecule has 5 unspecified atom stereocenters. The van der Waals surface area contributed by atoms with Gasteiger partial charge in [-0.3, -0.25) is 32.5 Å². The smallest absolute Gasteiger partial charge is 0.463 e. The number of hydrogen-bond donors (Lipinski definition) is 4. The molecule has 18 heteroatoms. The molecule has 0 aromatic heterocycles. The molecule has 0 aliphatic rings. The minimum absolute atomic E-state index is 0.0201. The van der Waals surface area contributed by atoms with Crippen molar-refractivity contribution in [3.8, 4) is 0 Å². The van der Waals surface area contributed by atoms with Gasteiger partial charge in [-0.1, -0.05) is 332 Å². The normalized spacial score (nSPS) is 14.7. The highest BCUT2D eigenvalue weighted by Crippen LogP contribution is 2.45. The largest absolute Gasteiger partial charge is 0.472 e. The highest BCUT2D eigenvalue weighted by Gasteiger charge is 2.29. The number of rotatable bonds is 79. The molecule has 0 aliphatic carbocycles. The Morgan fingerprint density at radius 2 is 0.495 bits per heavy atom. The van der Waals surface area contributed by atoms with Crippen LogP contribution in [0.3, 0.4) is 0 Å². The number of esters is 3. The molecule has 0 fully saturated rings. The number of aliphatic hydroxyl groups is 2. The van der Waals surface area contributed by atoms with E-state index in [9.17, 15) is 43.5 Å². The predicted molar refractivity (Wildman–Crippen MR) is 454 cm³/mol. The summed E-state index contributed by atoms with van der Waals surface area (Å²) in [5.41, 5.74) is 0. The van der Waals surface area contributed by atoms with Crippen LogP contribution in [0.4, 0.5) is 0 Å². The van der Waals surface area contributed by atoms with Crippen LogP contribution in [0.15, 0.2) is 170 Å². The molecule has 0 aromatic rings. The molecular weight excluding hydrogens is 1410 g/mol. The molecule has 4 N–H and O–H groups in total. The van der Waals surface area contributed by atoms with Crippen molar-refractivity contribution in [2.75, 3.05) is 39.6 Å². The van der Waals surface area contributed by atoms with E-state index in [0.717, 1.165) is 135 Å². The zero-order valence-electron chi connectivity index (χ0n) is 68.2. The van der Waals surface area contributed by atoms with E-state index in [2.05, 4.69) is 179 Å². The van der Waals surface area contributed by atoms with E-state index in [1.807, 2.05) is 12.2 Å². The standard InChI is InChI=1S/C91H152O16P2/c1-4-7-10-13-16-19-22-25-28-31-33-35-37-39-40-41-42-43-44-46-48-49-51-54-56-59-62-65-68-71-74-77-89(94)101-80-86(92)81-103-108(97,98)104-82-87(93)83-105-109(99,100)106-85-88(107-91(96)79-76-73-70-67-64-61-58-53-30-27-24-21-18-15-12-9-6-3)84-102-90(95)78-75-72-69-66-63-60-57-55-52-50-47-45-38-36-34-32-29-26-23-20-17-14-11-8-5-2/h7,9-10,12,16-21,25-30,33-36,39-40,45,47,58,61,67,70,86-88,92-93H,4-6,8,11,13-15,22-24,31-32,37-38,41-44,46,48-57,59-60,62-66,68-69,71-85H2,1-3H3,(H,97,98)(H,99,100)/b10-7-,12-9-,19-16-,20-17-,21-18-,28-25-,29-26-,30-27-,35-33-,36-34-,40-39-,47-45-,61-58-,70-67-. The van der Waals surface area contributed by atoms with E-state index in [1.54, 1.807) is 0 Å². The lowest BCUT2D eigenvalue weighted by Crippen LogP contribution is -2.30. The maximum atomic E-state index is 13.0. The minimum atomic E-state index is -4.96. The molecule has 16 nitrogen and oxygen atoms in total. The Labute approximate surface area is 662 Å². The molecule has 109 heavy (non-hydrogen) atoms. The van der Waals surface area contributed by atoms with Gasteiger partial charge in [-0.15, -0.1) is 0 Å². The summed E-state index contributed by atoms with van der Waals surface area (Å²) in [5.74, 6) is -1.65. The summed E-state index contributed by atoms with van der Waals surface area (Å²) in [5, 5.41) is 20.7. The van der Waals surface area contributed by atoms with Crippen molar-refractivity contribution in [1.29, 1.82) is 0 Å². The molecule has 0 saturated carbocycles. The molecule has 0 radical (unpaired) electrons. The molecule has 0 aromatic carbocycles. The van der Waals surface area contributed by atoms with Crippen molar-refractivity contribution >= 4 is 33.6 Å². The van der Waals surface area contributed by atoms with E-state index in [0.29, 0.717) is 25.7 Å². The summed E-state index contributed by atoms with van der Waals surface area (Å²) in [6, 6.07) is 0. The second-order valence-electron chi connectivity index (χ2n) is 27.9. The van der Waals surface area contributed by atoms with Gasteiger partial charge in [-0.05, 0) is 148 Å². The topological polar surface area (TPSA) is 231 Å². The van der Waals surface area contributed by atoms with Crippen molar-refractivity contribution < 1.29 is 75.8 Å². The van der Waals surface area contributed by atoms with E-state index in [1.165, 1.54) is 128 Å². The van der Waals surface area contributed by atoms with Gasteiger partial charge in [0.15, 0.2) is 6.10 Å². The van der Waals surface area contributed by atoms with Gasteiger partial charge in [0.05, 0.1) is 26.4 Å². The number of aliphatic hydroxyl groups excluding tert-OH is 2. The van der Waals surface area contributed by atoms with Crippen LogP contribution in [0.25, 0.3) is 0 Å². The Bertz CT molecular complexity index is 2660. The number of phosphoric acid groups is 2. The van der Waals surface area contributed by atoms with Crippen LogP contribution >= 0.6 is 15.6 Å². The van der Waals surface area contributed by atoms with Crippen molar-refractivity contribution in [3.63, 3.8) is 0 Å². The third-order valence-corrected chi connectivity index (χ3v) is 19.3. The molecule has 0 rings (SSSR count). The van der Waals surface area contributed by atoms with Crippen molar-refractivity contribution in [2.24, 2.45) is 0 Å². The highest BCUT2D eigenvalue weighted by atomic mass is 31.2. The molecule has 622 valence electrons. The lowest BCUT2D eigenvalue weighted by molar-refractivity contribution is -0.161. The van der Waals surface area contributed by atoms with Gasteiger partial charge in [0, 0.05) is 19.3 Å². The number of phosphoric ester groups is 2. The fraction of sp³-hybridized carbons (Fsp3) is 0.659. The van der Waals surface area contributed by atoms with Gasteiger partial charge >= 0.3 is 33.6 Å². The molecule has 0 aliphatic heterocycles. The summed E-state index contributed by atoms with van der Waals surface area (Å²) >= 11 is 0. The van der Waals surface area contributed by atoms with Gasteiger partial charge in [0.1, 0.15) is 25.4 Å². The number of ether oxygens (including phenoxy) is 3. The van der Waals surface area contributed by atoms with Gasteiger partial charge in [0.25, 0.3) is 0 Å². The monoisotopic (exact) mass is 1560 g/mol. The van der Waals surface area contributed by atoms with Crippen LogP contribution in [0.1, 0.15) is 329 Å². The maximum Gasteiger partial charge on any atom is 0.472 e. The lowest BCUT2D eigenvalue weighted by Gasteiger charge is -2.21. The van der Waals surface area contributed by atoms with Crippen LogP contribution in [0.5, 0.6) is 0 Å². The van der Waals surface area contributed by atoms with Gasteiger partial charge < -0.3 is 34.2 Å². The fourth-order valence-electron chi connectivity index (χ4n) is 11.0. The first-order valence-corrected chi connectivity index (χ1v) is 45.4. The molecule has 0 amide bonds. The first kappa shape index (κ1) is 104. The Morgan fingerprint density at radius 1 is 0.266 bits per heavy atom. The first-order valence-electron chi connectivity index (χ1n) is 42.4. The van der Waals surface area contributed by atoms with Gasteiger partial charge in [-0.25, -0.2) is 9.13 Å². The third-order valence-electron chi connectivity index (χ3n) is 17.4. The summed E-state index contributed by atoms with van der Waals surface area (Å²) in [7, 11) is -9.83. The Hall–Kier alpha value is -5.09. The van der Waals surface area contributed by atoms with Gasteiger partial charge in [0.2, 0.25) is 0 Å². The van der Waals surface area contributed by atoms with Crippen LogP contribution in [-0.2, 0) is 55.8 Å². The van der Waals surface area contributed by atoms with Crippen LogP contribution < -0.4 is 0 Å². The van der Waals surface area contributed by atoms with E-state index >= 15 is 0 Å². The quantitative estimate of drug-likeness (QED) is 0.0146. The molecule has 5 atom stereocenters. The van der Waals surface area contributed by atoms with Crippen LogP contribution in [-0.4, -0.2) is 95.9 Å². The summed E-state index contributed by atoms with van der Waals surface area (Å²) < 4.78 is 61.2. The van der Waals surface area contributed by atoms with Crippen LogP contribution in [0, 0.1) is 0 Å². The molecule has 0 heterocycles. The number of carbonyl (C=O) groups is 3. The average Bonchev–Trinajstić information content (AvgIpc) is 0.902. The predicted octanol–water partition coefficient (Wildman–Crippen LogP) is 25.5. The molecule has 0 saturated heterocycles. The third kappa shape index (κ3) is 83.7. The van der Waals surface area contributed by atoms with E-state index in [-0.39, 0.29) is 19.3 Å². The van der Waals surface area contributed by atoms with E-state index < -0.39 is 91.5 Å². The SMILES string of the molecule is CC/C=C\C/C=C\C/C=C\C/C=C\C/C=C\CCCCCCCCCCCCCCCCCC(=O)OCC(O)COP(=O)(O)OCC(O)COP(=O)(O)OCC(COC(=O)CCCCCCCCCCC/C=C\C/C=C\C/C=C\C/C=C\CCCCC)OC(=O)CCC/C=C\C/C=C\C/C=C\C/C=C\C/C=C\CC. The Morgan fingerprint density at radius 3 is 0.798 bits per heavy atom. The number of unbranched alkanes of at least 4 members (excludes halogenated alkanes) is 28. The average molecular weight is 1560 g/mol. The summed E-state index contributed by atoms with van der Waals surface area (Å²) in [4.78, 5) is 58.8. The summed E-state index contributed by atoms with van der Waals surface area (Å²) in [6.45, 7) is 2.36. The number of hydrogen-bond acceptors (Lipinski definition) is 14. The molecule has 0 spiro atoms. The van der Waals surface area contributed by atoms with Crippen molar-refractivity contribution in [3.05, 3.63) is 170 Å². The number of carbonyl (C=O) groups excluding carboxylic acids is 3. The van der Waals surface area contributed by atoms with E-state index in [4.69, 9.17) is 32.3 Å². The zero-order chi connectivity index (χ0) is 79.4. The zero-order valence-corrected chi connectivity index (χ0v) is 70.0. The molecule has 0 bridgehead atoms. The fourth-order valence-corrected chi connectivity index (χ4v) is 12.6. The Kier molecular flexibility index (Phi) is 78.5. The summed E-state index contributed by atoms with van der Waals surface area (Å²) in [6.07, 6.45) is 106. The number of allylic oxidation sites excluding steroid dienone is 28. The highest BCUT2D eigenvalue weighted by molar-refractivity contribution is 7.47. The lowest BCUT2D eigenvalue weighted by atomic mass is 10.0. The van der Waals surface area contributed by atoms with Crippen molar-refractivity contribution in [2.45, 2.75) is 347 Å².